The predicted octanol–water partition coefficient (Wildman–Crippen LogP) is 0.875. The first-order valence-electron chi connectivity index (χ1n) is 5.50. The van der Waals surface area contributed by atoms with Crippen molar-refractivity contribution in [3.8, 4) is 0 Å². The molecule has 0 bridgehead atoms. The number of nitrogens with zero attached hydrogens (tertiary/aromatic N) is 2. The highest BCUT2D eigenvalue weighted by atomic mass is 32.1. The van der Waals surface area contributed by atoms with E-state index in [1.54, 1.807) is 18.4 Å². The lowest BCUT2D eigenvalue weighted by molar-refractivity contribution is 0.210. The second kappa shape index (κ2) is 6.27. The van der Waals surface area contributed by atoms with Crippen molar-refractivity contribution < 1.29 is 4.74 Å². The van der Waals surface area contributed by atoms with Gasteiger partial charge in [0.2, 0.25) is 5.95 Å². The van der Waals surface area contributed by atoms with E-state index in [0.29, 0.717) is 31.2 Å². The maximum absolute atomic E-state index is 11.8. The highest BCUT2D eigenvalue weighted by Gasteiger charge is 2.06. The standard InChI is InChI=1S/C11H14N4O2S/c1-17-5-4-12-11-13-10(16)9(14-15-11)7-8-3-2-6-18-8/h2-3,6H,4-5,7H2,1H3,(H2,12,13,15,16). The monoisotopic (exact) mass is 266 g/mol. The van der Waals surface area contributed by atoms with Crippen molar-refractivity contribution in [3.63, 3.8) is 0 Å². The van der Waals surface area contributed by atoms with E-state index in [1.165, 1.54) is 0 Å². The Hall–Kier alpha value is -1.73. The summed E-state index contributed by atoms with van der Waals surface area (Å²) in [4.78, 5) is 15.5. The summed E-state index contributed by atoms with van der Waals surface area (Å²) < 4.78 is 4.89. The summed E-state index contributed by atoms with van der Waals surface area (Å²) in [5.74, 6) is 0.368. The summed E-state index contributed by atoms with van der Waals surface area (Å²) in [6, 6.07) is 3.92. The third-order valence-corrected chi connectivity index (χ3v) is 3.16. The molecule has 2 rings (SSSR count). The van der Waals surface area contributed by atoms with Gasteiger partial charge in [-0.3, -0.25) is 9.78 Å². The van der Waals surface area contributed by atoms with Crippen LogP contribution in [0.15, 0.2) is 22.3 Å². The lowest BCUT2D eigenvalue weighted by atomic mass is 10.3. The number of nitrogens with one attached hydrogen (secondary N) is 2. The molecular formula is C11H14N4O2S. The number of ether oxygens (including phenoxy) is 1. The molecule has 0 aliphatic heterocycles. The van der Waals surface area contributed by atoms with Gasteiger partial charge in [-0.25, -0.2) is 0 Å². The number of thiophene rings is 1. The minimum atomic E-state index is -0.210. The molecular weight excluding hydrogens is 252 g/mol. The first-order valence-corrected chi connectivity index (χ1v) is 6.38. The van der Waals surface area contributed by atoms with Gasteiger partial charge in [0.1, 0.15) is 5.69 Å². The van der Waals surface area contributed by atoms with Crippen LogP contribution >= 0.6 is 11.3 Å². The van der Waals surface area contributed by atoms with Crippen LogP contribution in [-0.2, 0) is 11.2 Å². The van der Waals surface area contributed by atoms with Gasteiger partial charge in [0.25, 0.3) is 5.56 Å². The summed E-state index contributed by atoms with van der Waals surface area (Å²) >= 11 is 1.59. The Kier molecular flexibility index (Phi) is 4.43. The largest absolute Gasteiger partial charge is 0.383 e. The zero-order chi connectivity index (χ0) is 12.8. The van der Waals surface area contributed by atoms with Crippen LogP contribution in [0.5, 0.6) is 0 Å². The van der Waals surface area contributed by atoms with Crippen molar-refractivity contribution in [2.24, 2.45) is 0 Å². The molecule has 6 nitrogen and oxygen atoms in total. The van der Waals surface area contributed by atoms with Crippen LogP contribution in [0.25, 0.3) is 0 Å². The fourth-order valence-electron chi connectivity index (χ4n) is 1.41. The van der Waals surface area contributed by atoms with Crippen LogP contribution in [0.3, 0.4) is 0 Å². The van der Waals surface area contributed by atoms with Crippen molar-refractivity contribution in [1.29, 1.82) is 0 Å². The number of aromatic nitrogens is 3. The van der Waals surface area contributed by atoms with Gasteiger partial charge in [0.15, 0.2) is 0 Å². The minimum Gasteiger partial charge on any atom is -0.383 e. The summed E-state index contributed by atoms with van der Waals surface area (Å²) in [5, 5.41) is 12.8. The van der Waals surface area contributed by atoms with Crippen molar-refractivity contribution >= 4 is 17.3 Å². The molecule has 0 saturated heterocycles. The molecule has 0 aliphatic carbocycles. The van der Waals surface area contributed by atoms with Crippen LogP contribution in [0, 0.1) is 0 Å². The lowest BCUT2D eigenvalue weighted by Crippen LogP contribution is -2.20. The maximum Gasteiger partial charge on any atom is 0.274 e. The minimum absolute atomic E-state index is 0.210. The van der Waals surface area contributed by atoms with E-state index >= 15 is 0 Å². The topological polar surface area (TPSA) is 79.9 Å². The molecule has 0 unspecified atom stereocenters. The summed E-state index contributed by atoms with van der Waals surface area (Å²) in [7, 11) is 1.61. The molecule has 0 radical (unpaired) electrons. The van der Waals surface area contributed by atoms with E-state index in [4.69, 9.17) is 4.74 Å². The first-order chi connectivity index (χ1) is 8.79. The molecule has 2 N–H and O–H groups in total. The van der Waals surface area contributed by atoms with Crippen molar-refractivity contribution in [1.82, 2.24) is 15.2 Å². The Labute approximate surface area is 108 Å². The van der Waals surface area contributed by atoms with Crippen molar-refractivity contribution in [2.45, 2.75) is 6.42 Å². The molecule has 0 fully saturated rings. The molecule has 2 aromatic heterocycles. The first kappa shape index (κ1) is 12.7. The van der Waals surface area contributed by atoms with E-state index in [2.05, 4.69) is 20.5 Å². The van der Waals surface area contributed by atoms with Crippen molar-refractivity contribution in [3.05, 3.63) is 38.4 Å². The third-order valence-electron chi connectivity index (χ3n) is 2.29. The second-order valence-electron chi connectivity index (χ2n) is 3.63. The van der Waals surface area contributed by atoms with Crippen LogP contribution in [-0.4, -0.2) is 35.4 Å². The summed E-state index contributed by atoms with van der Waals surface area (Å²) in [6.45, 7) is 1.12. The lowest BCUT2D eigenvalue weighted by Gasteiger charge is -2.04. The number of rotatable bonds is 6. The van der Waals surface area contributed by atoms with Gasteiger partial charge < -0.3 is 10.1 Å². The summed E-state index contributed by atoms with van der Waals surface area (Å²) in [6.07, 6.45) is 0.512. The average molecular weight is 266 g/mol. The smallest absolute Gasteiger partial charge is 0.274 e. The van der Waals surface area contributed by atoms with Crippen LogP contribution in [0.4, 0.5) is 5.95 Å². The number of anilines is 1. The normalized spacial score (nSPS) is 10.5. The van der Waals surface area contributed by atoms with Gasteiger partial charge in [-0.15, -0.1) is 21.5 Å². The van der Waals surface area contributed by atoms with Gasteiger partial charge in [0, 0.05) is 25.0 Å². The SMILES string of the molecule is COCCNc1nnc(Cc2cccs2)c(=O)[nH]1. The number of aromatic amines is 1. The number of H-pyrrole nitrogens is 1. The molecule has 96 valence electrons. The Morgan fingerprint density at radius 3 is 3.06 bits per heavy atom. The van der Waals surface area contributed by atoms with Crippen LogP contribution in [0.1, 0.15) is 10.6 Å². The molecule has 0 aliphatic rings. The zero-order valence-corrected chi connectivity index (χ0v) is 10.8. The van der Waals surface area contributed by atoms with Gasteiger partial charge in [0.05, 0.1) is 6.61 Å². The Morgan fingerprint density at radius 2 is 2.39 bits per heavy atom. The van der Waals surface area contributed by atoms with E-state index in [0.717, 1.165) is 4.88 Å². The van der Waals surface area contributed by atoms with E-state index in [1.807, 2.05) is 17.5 Å². The number of methoxy groups -OCH3 is 1. The van der Waals surface area contributed by atoms with Crippen LogP contribution in [0.2, 0.25) is 0 Å². The highest BCUT2D eigenvalue weighted by Crippen LogP contribution is 2.11. The second-order valence-corrected chi connectivity index (χ2v) is 4.66. The molecule has 0 amide bonds. The molecule has 0 saturated carbocycles. The molecule has 0 atom stereocenters. The average Bonchev–Trinajstić information content (AvgIpc) is 2.86. The van der Waals surface area contributed by atoms with Gasteiger partial charge in [-0.05, 0) is 11.4 Å². The quantitative estimate of drug-likeness (QED) is 0.759. The van der Waals surface area contributed by atoms with E-state index < -0.39 is 0 Å². The molecule has 18 heavy (non-hydrogen) atoms. The Bertz CT molecular complexity index is 538. The zero-order valence-electron chi connectivity index (χ0n) is 9.97. The third kappa shape index (κ3) is 3.38. The van der Waals surface area contributed by atoms with Gasteiger partial charge >= 0.3 is 0 Å². The fourth-order valence-corrected chi connectivity index (χ4v) is 2.11. The maximum atomic E-state index is 11.8. The van der Waals surface area contributed by atoms with Gasteiger partial charge in [-0.1, -0.05) is 6.07 Å². The Morgan fingerprint density at radius 1 is 1.50 bits per heavy atom. The number of hydrogen-bond donors (Lipinski definition) is 2. The van der Waals surface area contributed by atoms with E-state index in [-0.39, 0.29) is 5.56 Å². The molecule has 7 heteroatoms. The highest BCUT2D eigenvalue weighted by molar-refractivity contribution is 7.09. The molecule has 2 heterocycles. The predicted molar refractivity (Wildman–Crippen MR) is 70.1 cm³/mol. The molecule has 0 spiro atoms. The molecule has 2 aromatic rings. The Balaban J connectivity index is 2.03. The van der Waals surface area contributed by atoms with Crippen molar-refractivity contribution in [2.75, 3.05) is 25.6 Å². The molecule has 0 aromatic carbocycles. The van der Waals surface area contributed by atoms with Gasteiger partial charge in [-0.2, -0.15) is 0 Å². The summed E-state index contributed by atoms with van der Waals surface area (Å²) in [5.41, 5.74) is 0.216. The number of hydrogen-bond acceptors (Lipinski definition) is 6. The fraction of sp³-hybridized carbons (Fsp3) is 0.364. The van der Waals surface area contributed by atoms with Crippen LogP contribution < -0.4 is 10.9 Å². The van der Waals surface area contributed by atoms with E-state index in [9.17, 15) is 4.79 Å².